The SMILES string of the molecule is CCCc1cc(N2CC[C@H](O)C2)ncn1. The van der Waals surface area contributed by atoms with Crippen LogP contribution < -0.4 is 4.90 Å². The van der Waals surface area contributed by atoms with Crippen molar-refractivity contribution in [1.82, 2.24) is 9.97 Å². The highest BCUT2D eigenvalue weighted by Crippen LogP contribution is 2.18. The molecule has 4 nitrogen and oxygen atoms in total. The maximum atomic E-state index is 9.45. The number of rotatable bonds is 3. The number of aliphatic hydroxyl groups is 1. The van der Waals surface area contributed by atoms with Crippen LogP contribution in [0, 0.1) is 0 Å². The molecular formula is C11H17N3O. The zero-order valence-corrected chi connectivity index (χ0v) is 9.06. The topological polar surface area (TPSA) is 49.2 Å². The highest BCUT2D eigenvalue weighted by Gasteiger charge is 2.21. The van der Waals surface area contributed by atoms with Gasteiger partial charge in [-0.25, -0.2) is 9.97 Å². The van der Waals surface area contributed by atoms with Gasteiger partial charge in [0.25, 0.3) is 0 Å². The lowest BCUT2D eigenvalue weighted by Gasteiger charge is -2.16. The summed E-state index contributed by atoms with van der Waals surface area (Å²) in [7, 11) is 0. The molecule has 1 aliphatic heterocycles. The minimum absolute atomic E-state index is 0.199. The van der Waals surface area contributed by atoms with E-state index in [1.54, 1.807) is 6.33 Å². The number of hydrogen-bond donors (Lipinski definition) is 1. The largest absolute Gasteiger partial charge is 0.391 e. The Morgan fingerprint density at radius 2 is 2.40 bits per heavy atom. The van der Waals surface area contributed by atoms with E-state index >= 15 is 0 Å². The molecule has 4 heteroatoms. The third-order valence-corrected chi connectivity index (χ3v) is 2.70. The summed E-state index contributed by atoms with van der Waals surface area (Å²) in [5.41, 5.74) is 1.09. The quantitative estimate of drug-likeness (QED) is 0.803. The second-order valence-electron chi connectivity index (χ2n) is 4.01. The molecule has 0 amide bonds. The van der Waals surface area contributed by atoms with Crippen molar-refractivity contribution in [3.8, 4) is 0 Å². The van der Waals surface area contributed by atoms with E-state index in [0.717, 1.165) is 37.3 Å². The molecular weight excluding hydrogens is 190 g/mol. The molecule has 0 radical (unpaired) electrons. The zero-order chi connectivity index (χ0) is 10.7. The van der Waals surface area contributed by atoms with Gasteiger partial charge in [-0.2, -0.15) is 0 Å². The van der Waals surface area contributed by atoms with Crippen LogP contribution in [0.15, 0.2) is 12.4 Å². The number of anilines is 1. The summed E-state index contributed by atoms with van der Waals surface area (Å²) in [6.45, 7) is 3.73. The fourth-order valence-corrected chi connectivity index (χ4v) is 1.90. The van der Waals surface area contributed by atoms with E-state index in [-0.39, 0.29) is 6.10 Å². The van der Waals surface area contributed by atoms with Crippen molar-refractivity contribution in [3.05, 3.63) is 18.1 Å². The highest BCUT2D eigenvalue weighted by molar-refractivity contribution is 5.40. The van der Waals surface area contributed by atoms with Crippen LogP contribution in [0.1, 0.15) is 25.5 Å². The number of aryl methyl sites for hydroxylation is 1. The summed E-state index contributed by atoms with van der Waals surface area (Å²) >= 11 is 0. The summed E-state index contributed by atoms with van der Waals surface area (Å²) in [5, 5.41) is 9.45. The van der Waals surface area contributed by atoms with E-state index < -0.39 is 0 Å². The fraction of sp³-hybridized carbons (Fsp3) is 0.636. The second kappa shape index (κ2) is 4.57. The van der Waals surface area contributed by atoms with Crippen LogP contribution in [0.4, 0.5) is 5.82 Å². The van der Waals surface area contributed by atoms with Gasteiger partial charge in [0.1, 0.15) is 12.1 Å². The van der Waals surface area contributed by atoms with Crippen molar-refractivity contribution in [2.24, 2.45) is 0 Å². The Morgan fingerprint density at radius 1 is 1.53 bits per heavy atom. The van der Waals surface area contributed by atoms with Gasteiger partial charge in [-0.05, 0) is 12.8 Å². The molecule has 0 saturated carbocycles. The number of nitrogens with zero attached hydrogens (tertiary/aromatic N) is 3. The summed E-state index contributed by atoms with van der Waals surface area (Å²) < 4.78 is 0. The molecule has 2 rings (SSSR count). The number of aromatic nitrogens is 2. The van der Waals surface area contributed by atoms with Crippen LogP contribution in [0.3, 0.4) is 0 Å². The second-order valence-corrected chi connectivity index (χ2v) is 4.01. The minimum Gasteiger partial charge on any atom is -0.391 e. The van der Waals surface area contributed by atoms with Crippen molar-refractivity contribution >= 4 is 5.82 Å². The van der Waals surface area contributed by atoms with Gasteiger partial charge >= 0.3 is 0 Å². The Morgan fingerprint density at radius 3 is 3.07 bits per heavy atom. The number of β-amino-alcohol motifs (C(OH)–C–C–N with tert-alkyl or cyclic N) is 1. The van der Waals surface area contributed by atoms with Crippen molar-refractivity contribution in [2.45, 2.75) is 32.3 Å². The number of aliphatic hydroxyl groups excluding tert-OH is 1. The first kappa shape index (κ1) is 10.4. The first-order valence-electron chi connectivity index (χ1n) is 5.53. The molecule has 1 fully saturated rings. The van der Waals surface area contributed by atoms with E-state index in [9.17, 15) is 5.11 Å². The summed E-state index contributed by atoms with van der Waals surface area (Å²) in [6, 6.07) is 2.03. The van der Waals surface area contributed by atoms with Crippen LogP contribution in [-0.2, 0) is 6.42 Å². The maximum absolute atomic E-state index is 9.45. The van der Waals surface area contributed by atoms with Gasteiger partial charge in [-0.15, -0.1) is 0 Å². The van der Waals surface area contributed by atoms with Crippen molar-refractivity contribution in [2.75, 3.05) is 18.0 Å². The average Bonchev–Trinajstić information content (AvgIpc) is 2.66. The third-order valence-electron chi connectivity index (χ3n) is 2.70. The summed E-state index contributed by atoms with van der Waals surface area (Å²) in [5.74, 6) is 0.949. The Kier molecular flexibility index (Phi) is 3.16. The molecule has 15 heavy (non-hydrogen) atoms. The first-order valence-corrected chi connectivity index (χ1v) is 5.53. The standard InChI is InChI=1S/C11H17N3O/c1-2-3-9-6-11(13-8-12-9)14-5-4-10(15)7-14/h6,8,10,15H,2-5,7H2,1H3/t10-/m0/s1. The van der Waals surface area contributed by atoms with Gasteiger partial charge in [-0.1, -0.05) is 13.3 Å². The van der Waals surface area contributed by atoms with Crippen molar-refractivity contribution in [1.29, 1.82) is 0 Å². The van der Waals surface area contributed by atoms with Crippen LogP contribution in [0.5, 0.6) is 0 Å². The van der Waals surface area contributed by atoms with Gasteiger partial charge < -0.3 is 10.0 Å². The van der Waals surface area contributed by atoms with Crippen LogP contribution in [-0.4, -0.2) is 34.3 Å². The Bertz CT molecular complexity index is 329. The first-order chi connectivity index (χ1) is 7.29. The molecule has 1 aromatic rings. The fourth-order valence-electron chi connectivity index (χ4n) is 1.90. The average molecular weight is 207 g/mol. The molecule has 0 aromatic carbocycles. The summed E-state index contributed by atoms with van der Waals surface area (Å²) in [4.78, 5) is 10.6. The lowest BCUT2D eigenvalue weighted by atomic mass is 10.2. The monoisotopic (exact) mass is 207 g/mol. The van der Waals surface area contributed by atoms with Crippen LogP contribution in [0.2, 0.25) is 0 Å². The van der Waals surface area contributed by atoms with Crippen LogP contribution in [0.25, 0.3) is 0 Å². The normalized spacial score (nSPS) is 20.9. The Hall–Kier alpha value is -1.16. The minimum atomic E-state index is -0.199. The molecule has 1 atom stereocenters. The van der Waals surface area contributed by atoms with E-state index in [4.69, 9.17) is 0 Å². The Labute approximate surface area is 90.0 Å². The molecule has 1 aliphatic rings. The van der Waals surface area contributed by atoms with E-state index in [1.165, 1.54) is 0 Å². The molecule has 0 unspecified atom stereocenters. The van der Waals surface area contributed by atoms with Crippen LogP contribution >= 0.6 is 0 Å². The zero-order valence-electron chi connectivity index (χ0n) is 9.06. The smallest absolute Gasteiger partial charge is 0.132 e. The molecule has 0 aliphatic carbocycles. The van der Waals surface area contributed by atoms with E-state index in [2.05, 4.69) is 21.8 Å². The summed E-state index contributed by atoms with van der Waals surface area (Å²) in [6.07, 6.45) is 4.35. The van der Waals surface area contributed by atoms with E-state index in [1.807, 2.05) is 6.07 Å². The van der Waals surface area contributed by atoms with Gasteiger partial charge in [0, 0.05) is 24.8 Å². The van der Waals surface area contributed by atoms with Crippen molar-refractivity contribution in [3.63, 3.8) is 0 Å². The molecule has 1 saturated heterocycles. The Balaban J connectivity index is 2.10. The molecule has 2 heterocycles. The highest BCUT2D eigenvalue weighted by atomic mass is 16.3. The van der Waals surface area contributed by atoms with Gasteiger partial charge in [0.2, 0.25) is 0 Å². The molecule has 0 spiro atoms. The van der Waals surface area contributed by atoms with Crippen molar-refractivity contribution < 1.29 is 5.11 Å². The molecule has 0 bridgehead atoms. The molecule has 82 valence electrons. The lowest BCUT2D eigenvalue weighted by molar-refractivity contribution is 0.198. The van der Waals surface area contributed by atoms with Gasteiger partial charge in [0.05, 0.1) is 6.10 Å². The number of hydrogen-bond acceptors (Lipinski definition) is 4. The van der Waals surface area contributed by atoms with Gasteiger partial charge in [-0.3, -0.25) is 0 Å². The molecule has 1 N–H and O–H groups in total. The third kappa shape index (κ3) is 2.45. The van der Waals surface area contributed by atoms with Gasteiger partial charge in [0.15, 0.2) is 0 Å². The maximum Gasteiger partial charge on any atom is 0.132 e. The predicted octanol–water partition coefficient (Wildman–Crippen LogP) is 1.00. The van der Waals surface area contributed by atoms with E-state index in [0.29, 0.717) is 6.54 Å². The lowest BCUT2D eigenvalue weighted by Crippen LogP contribution is -2.22. The predicted molar refractivity (Wildman–Crippen MR) is 58.9 cm³/mol. The molecule has 1 aromatic heterocycles.